The van der Waals surface area contributed by atoms with E-state index in [0.29, 0.717) is 28.0 Å². The number of halogens is 1. The summed E-state index contributed by atoms with van der Waals surface area (Å²) in [4.78, 5) is 29.1. The fourth-order valence-electron chi connectivity index (χ4n) is 3.08. The maximum Gasteiger partial charge on any atom is 0.335 e. The highest BCUT2D eigenvalue weighted by molar-refractivity contribution is 14.1. The summed E-state index contributed by atoms with van der Waals surface area (Å²) in [6.07, 6.45) is 3.33. The quantitative estimate of drug-likeness (QED) is 0.393. The van der Waals surface area contributed by atoms with Gasteiger partial charge in [-0.25, -0.2) is 9.78 Å². The second kappa shape index (κ2) is 8.11. The molecule has 0 amide bonds. The molecule has 4 aromatic rings. The van der Waals surface area contributed by atoms with E-state index in [1.807, 2.05) is 6.07 Å². The zero-order valence-corrected chi connectivity index (χ0v) is 17.6. The largest absolute Gasteiger partial charge is 0.507 e. The van der Waals surface area contributed by atoms with Crippen molar-refractivity contribution in [2.45, 2.75) is 0 Å². The smallest absolute Gasteiger partial charge is 0.335 e. The topological polar surface area (TPSA) is 92.4 Å². The van der Waals surface area contributed by atoms with Gasteiger partial charge in [0.1, 0.15) is 11.6 Å². The van der Waals surface area contributed by atoms with Crippen molar-refractivity contribution in [1.29, 1.82) is 0 Å². The van der Waals surface area contributed by atoms with Crippen LogP contribution in [0.15, 0.2) is 71.5 Å². The van der Waals surface area contributed by atoms with Gasteiger partial charge in [0.25, 0.3) is 5.56 Å². The summed E-state index contributed by atoms with van der Waals surface area (Å²) in [5.41, 5.74) is 1.49. The fraction of sp³-hybridized carbons (Fsp3) is 0. The number of phenols is 1. The highest BCUT2D eigenvalue weighted by Crippen LogP contribution is 2.21. The van der Waals surface area contributed by atoms with Gasteiger partial charge in [-0.3, -0.25) is 9.36 Å². The summed E-state index contributed by atoms with van der Waals surface area (Å²) in [5, 5.41) is 19.6. The molecule has 6 nitrogen and oxygen atoms in total. The molecule has 30 heavy (non-hydrogen) atoms. The van der Waals surface area contributed by atoms with Gasteiger partial charge in [-0.05, 0) is 83.3 Å². The third-order valence-electron chi connectivity index (χ3n) is 4.58. The van der Waals surface area contributed by atoms with Crippen molar-refractivity contribution < 1.29 is 15.0 Å². The molecule has 7 heteroatoms. The molecule has 1 aromatic heterocycles. The predicted octanol–water partition coefficient (Wildman–Crippen LogP) is 4.56. The van der Waals surface area contributed by atoms with Crippen LogP contribution in [0.1, 0.15) is 21.7 Å². The van der Waals surface area contributed by atoms with Crippen LogP contribution in [0.2, 0.25) is 0 Å². The van der Waals surface area contributed by atoms with Crippen molar-refractivity contribution in [1.82, 2.24) is 9.55 Å². The summed E-state index contributed by atoms with van der Waals surface area (Å²) in [7, 11) is 0. The molecule has 0 saturated heterocycles. The summed E-state index contributed by atoms with van der Waals surface area (Å²) < 4.78 is 2.34. The summed E-state index contributed by atoms with van der Waals surface area (Å²) in [6.45, 7) is 0. The Labute approximate surface area is 184 Å². The first-order valence-electron chi connectivity index (χ1n) is 8.96. The Balaban J connectivity index is 1.94. The van der Waals surface area contributed by atoms with E-state index in [0.717, 1.165) is 3.57 Å². The number of carboxylic acids is 1. The van der Waals surface area contributed by atoms with Crippen LogP contribution >= 0.6 is 22.6 Å². The minimum atomic E-state index is -1.04. The number of benzene rings is 3. The number of para-hydroxylation sites is 1. The Morgan fingerprint density at radius 2 is 1.73 bits per heavy atom. The molecule has 0 spiro atoms. The molecule has 0 saturated carbocycles. The Morgan fingerprint density at radius 1 is 1.00 bits per heavy atom. The maximum absolute atomic E-state index is 13.3. The number of aromatic hydroxyl groups is 1. The second-order valence-electron chi connectivity index (χ2n) is 6.52. The van der Waals surface area contributed by atoms with Crippen molar-refractivity contribution in [2.24, 2.45) is 0 Å². The lowest BCUT2D eigenvalue weighted by Crippen LogP contribution is -2.22. The number of hydrogen-bond donors (Lipinski definition) is 2. The third kappa shape index (κ3) is 3.84. The summed E-state index contributed by atoms with van der Waals surface area (Å²) in [5.74, 6) is -0.566. The van der Waals surface area contributed by atoms with Gasteiger partial charge in [-0.1, -0.05) is 18.2 Å². The van der Waals surface area contributed by atoms with Gasteiger partial charge in [0.15, 0.2) is 0 Å². The van der Waals surface area contributed by atoms with E-state index in [2.05, 4.69) is 27.6 Å². The highest BCUT2D eigenvalue weighted by atomic mass is 127. The molecule has 0 bridgehead atoms. The number of aromatic carboxylic acids is 1. The zero-order valence-electron chi connectivity index (χ0n) is 15.5. The Morgan fingerprint density at radius 3 is 2.43 bits per heavy atom. The fourth-order valence-corrected chi connectivity index (χ4v) is 3.57. The van der Waals surface area contributed by atoms with E-state index in [1.165, 1.54) is 16.7 Å². The molecule has 0 aliphatic rings. The van der Waals surface area contributed by atoms with Crippen LogP contribution in [-0.4, -0.2) is 25.7 Å². The second-order valence-corrected chi connectivity index (χ2v) is 7.76. The van der Waals surface area contributed by atoms with E-state index in [-0.39, 0.29) is 16.9 Å². The molecule has 148 valence electrons. The van der Waals surface area contributed by atoms with Crippen LogP contribution in [0.3, 0.4) is 0 Å². The molecular weight excluding hydrogens is 495 g/mol. The number of carbonyl (C=O) groups is 1. The van der Waals surface area contributed by atoms with Gasteiger partial charge < -0.3 is 10.2 Å². The van der Waals surface area contributed by atoms with Crippen molar-refractivity contribution in [3.8, 4) is 11.4 Å². The van der Waals surface area contributed by atoms with Crippen molar-refractivity contribution >= 4 is 51.6 Å². The zero-order chi connectivity index (χ0) is 21.3. The van der Waals surface area contributed by atoms with Crippen LogP contribution in [0.5, 0.6) is 5.75 Å². The molecule has 1 heterocycles. The first-order chi connectivity index (χ1) is 14.4. The van der Waals surface area contributed by atoms with E-state index in [4.69, 9.17) is 5.11 Å². The molecule has 0 atom stereocenters. The molecule has 0 aliphatic carbocycles. The number of carboxylic acid groups (broad SMARTS) is 1. The van der Waals surface area contributed by atoms with Gasteiger partial charge in [-0.15, -0.1) is 0 Å². The third-order valence-corrected chi connectivity index (χ3v) is 5.25. The van der Waals surface area contributed by atoms with E-state index in [9.17, 15) is 14.7 Å². The molecule has 0 unspecified atom stereocenters. The highest BCUT2D eigenvalue weighted by Gasteiger charge is 2.13. The lowest BCUT2D eigenvalue weighted by molar-refractivity contribution is 0.0697. The van der Waals surface area contributed by atoms with Crippen LogP contribution in [0, 0.1) is 3.57 Å². The molecular formula is C23H15IN2O4. The first kappa shape index (κ1) is 19.8. The number of rotatable bonds is 4. The van der Waals surface area contributed by atoms with Gasteiger partial charge in [-0.2, -0.15) is 0 Å². The Kier molecular flexibility index (Phi) is 5.37. The molecule has 0 radical (unpaired) electrons. The van der Waals surface area contributed by atoms with Crippen molar-refractivity contribution in [3.05, 3.63) is 97.6 Å². The van der Waals surface area contributed by atoms with E-state index >= 15 is 0 Å². The van der Waals surface area contributed by atoms with E-state index < -0.39 is 5.97 Å². The normalized spacial score (nSPS) is 11.2. The predicted molar refractivity (Wildman–Crippen MR) is 124 cm³/mol. The molecule has 3 aromatic carbocycles. The van der Waals surface area contributed by atoms with Crippen LogP contribution in [0.25, 0.3) is 28.7 Å². The number of fused-ring (bicyclic) bond motifs is 1. The number of aromatic nitrogens is 2. The number of nitrogens with zero attached hydrogens (tertiary/aromatic N) is 2. The average Bonchev–Trinajstić information content (AvgIpc) is 2.74. The van der Waals surface area contributed by atoms with Gasteiger partial charge >= 0.3 is 5.97 Å². The Bertz CT molecular complexity index is 1360. The number of hydrogen-bond acceptors (Lipinski definition) is 4. The van der Waals surface area contributed by atoms with Crippen LogP contribution in [0.4, 0.5) is 0 Å². The minimum Gasteiger partial charge on any atom is -0.507 e. The molecule has 4 rings (SSSR count). The SMILES string of the molecule is O=C(O)c1ccc(-n2c(C=Cc3ccccc3O)nc3ccc(I)cc3c2=O)cc1. The van der Waals surface area contributed by atoms with Gasteiger partial charge in [0.2, 0.25) is 0 Å². The molecule has 0 fully saturated rings. The monoisotopic (exact) mass is 510 g/mol. The maximum atomic E-state index is 13.3. The summed E-state index contributed by atoms with van der Waals surface area (Å²) >= 11 is 2.14. The first-order valence-corrected chi connectivity index (χ1v) is 10.0. The summed E-state index contributed by atoms with van der Waals surface area (Å²) in [6, 6.07) is 18.3. The van der Waals surface area contributed by atoms with Crippen molar-refractivity contribution in [3.63, 3.8) is 0 Å². The van der Waals surface area contributed by atoms with Crippen LogP contribution in [-0.2, 0) is 0 Å². The standard InChI is InChI=1S/C23H15IN2O4/c24-16-8-11-19-18(13-16)22(28)26(17-9-5-15(6-10-17)23(29)30)21(25-19)12-7-14-3-1-2-4-20(14)27/h1-13,27H,(H,29,30). The molecule has 2 N–H and O–H groups in total. The van der Waals surface area contributed by atoms with Gasteiger partial charge in [0.05, 0.1) is 22.2 Å². The van der Waals surface area contributed by atoms with Crippen LogP contribution < -0.4 is 5.56 Å². The minimum absolute atomic E-state index is 0.115. The lowest BCUT2D eigenvalue weighted by atomic mass is 10.1. The van der Waals surface area contributed by atoms with Gasteiger partial charge in [0, 0.05) is 9.13 Å². The number of phenolic OH excluding ortho intramolecular Hbond substituents is 1. The molecule has 0 aliphatic heterocycles. The Hall–Kier alpha value is -3.46. The van der Waals surface area contributed by atoms with Crippen molar-refractivity contribution in [2.75, 3.05) is 0 Å². The lowest BCUT2D eigenvalue weighted by Gasteiger charge is -2.12. The average molecular weight is 510 g/mol. The van der Waals surface area contributed by atoms with E-state index in [1.54, 1.807) is 60.7 Å².